The van der Waals surface area contributed by atoms with Crippen LogP contribution in [0.3, 0.4) is 0 Å². The van der Waals surface area contributed by atoms with Gasteiger partial charge >= 0.3 is 95.5 Å². The van der Waals surface area contributed by atoms with E-state index in [4.69, 9.17) is 9.97 Å². The first kappa shape index (κ1) is 96.8. The molecule has 7 aromatic rings. The van der Waals surface area contributed by atoms with Gasteiger partial charge in [-0.1, -0.05) is 132 Å². The van der Waals surface area contributed by atoms with Gasteiger partial charge in [0, 0.05) is 44.3 Å². The summed E-state index contributed by atoms with van der Waals surface area (Å²) < 4.78 is 0. The van der Waals surface area contributed by atoms with Crippen LogP contribution in [0.25, 0.3) is 90.9 Å². The Balaban J connectivity index is 1.81. The minimum absolute atomic E-state index is 0.202. The molecule has 4 aromatic carbocycles. The number of aromatic nitrogens is 4. The molecule has 36 heteroatoms. The summed E-state index contributed by atoms with van der Waals surface area (Å²) in [6.07, 6.45) is -3.41. The van der Waals surface area contributed by atoms with Crippen LogP contribution in [0.15, 0.2) is 72.8 Å². The zero-order chi connectivity index (χ0) is 95.8. The van der Waals surface area contributed by atoms with Crippen molar-refractivity contribution in [3.63, 3.8) is 0 Å². The first-order chi connectivity index (χ1) is 59.2. The number of carbonyl (C=O) groups is 16. The third kappa shape index (κ3) is 21.0. The van der Waals surface area contributed by atoms with Gasteiger partial charge in [0.1, 0.15) is 0 Å². The number of nitrogens with one attached hydrogen (secondary N) is 2. The summed E-state index contributed by atoms with van der Waals surface area (Å²) in [5.41, 5.74) is -11.6. The highest BCUT2D eigenvalue weighted by atomic mass is 16.4. The van der Waals surface area contributed by atoms with E-state index in [9.17, 15) is 158 Å². The van der Waals surface area contributed by atoms with Crippen molar-refractivity contribution < 1.29 is 158 Å². The van der Waals surface area contributed by atoms with Crippen LogP contribution >= 0.6 is 0 Å². The molecule has 0 atom stereocenters. The number of carboxylic acid groups (broad SMARTS) is 16. The Kier molecular flexibility index (Phi) is 28.0. The first-order valence-electron chi connectivity index (χ1n) is 39.7. The van der Waals surface area contributed by atoms with E-state index in [0.717, 1.165) is 0 Å². The van der Waals surface area contributed by atoms with Crippen LogP contribution in [0.2, 0.25) is 0 Å². The van der Waals surface area contributed by atoms with Crippen molar-refractivity contribution in [2.45, 2.75) is 156 Å². The van der Waals surface area contributed by atoms with Crippen molar-refractivity contribution in [2.75, 3.05) is 0 Å². The van der Waals surface area contributed by atoms with Crippen LogP contribution in [0.5, 0.6) is 0 Å². The third-order valence-corrected chi connectivity index (χ3v) is 22.6. The summed E-state index contributed by atoms with van der Waals surface area (Å²) in [6.45, 7) is 19.7. The summed E-state index contributed by atoms with van der Waals surface area (Å²) in [4.78, 5) is 232. The van der Waals surface area contributed by atoms with Crippen molar-refractivity contribution in [1.82, 2.24) is 19.9 Å². The number of carboxylic acids is 16. The quantitative estimate of drug-likeness (QED) is 0.0162. The highest BCUT2D eigenvalue weighted by Gasteiger charge is 2.41. The van der Waals surface area contributed by atoms with E-state index < -0.39 is 239 Å². The Labute approximate surface area is 727 Å². The first-order valence-corrected chi connectivity index (χ1v) is 39.7. The molecule has 2 aliphatic heterocycles. The van der Waals surface area contributed by atoms with Crippen LogP contribution in [0.4, 0.5) is 0 Å². The number of aromatic amines is 2. The molecule has 3 aromatic heterocycles. The average Bonchev–Trinajstić information content (AvgIpc) is 1.55. The summed E-state index contributed by atoms with van der Waals surface area (Å²) in [6, 6.07) is 16.0. The lowest BCUT2D eigenvalue weighted by molar-refractivity contribution is -0.156. The second-order valence-corrected chi connectivity index (χ2v) is 35.6. The van der Waals surface area contributed by atoms with E-state index >= 15 is 0 Å². The molecule has 2 aliphatic rings. The second kappa shape index (κ2) is 37.0. The van der Waals surface area contributed by atoms with E-state index in [1.165, 1.54) is 97.1 Å². The molecule has 0 fully saturated rings. The highest BCUT2D eigenvalue weighted by Crippen LogP contribution is 2.49. The van der Waals surface area contributed by atoms with Crippen LogP contribution in [-0.2, 0) is 150 Å². The standard InChI is InChI=1S/C92H94N4O32/c1-89(2,3)45-21-37(29-49(73(97)98)74(99)100)65(38(22-45)30-50(75(101)102)76(103)104)69-57-13-15-59(93-57)70(66-39(31-51(77(105)106)78(107)108)23-46(90(4,5)6)24-40(66)32-52(79(109)110)80(111)112)61-17-19-63(95-61)72(68-43(35-55(85(121)122)86(123)124)27-48(92(10,11)12)28-44(68)36-56(87(125)126)88(127)128)64-20-18-62(96-64)71(60-16-14-58(69)94-60)67-41(33-53(81(113)114)82(115)116)25-47(91(7,8)9)26-42(67)34-54(83(117)118)84(119)120/h13-28,49-56,93,96H,29-36H2,1-12H3,(H,97,98)(H,99,100)(H,101,102)(H,103,104)(H,105,106)(H,107,108)(H,109,110)(H,111,112)(H,113,114)(H,115,116)(H,117,118)(H,119,120)(H,121,122)(H,123,124)(H,125,126)(H,127,128). The highest BCUT2D eigenvalue weighted by molar-refractivity contribution is 6.06. The molecule has 0 saturated carbocycles. The van der Waals surface area contributed by atoms with E-state index in [2.05, 4.69) is 9.97 Å². The van der Waals surface area contributed by atoms with E-state index in [1.807, 2.05) is 0 Å². The lowest BCUT2D eigenvalue weighted by atomic mass is 9.78. The summed E-state index contributed by atoms with van der Waals surface area (Å²) in [5.74, 6) is -50.4. The monoisotopic (exact) mass is 1770 g/mol. The van der Waals surface area contributed by atoms with Gasteiger partial charge in [-0.2, -0.15) is 0 Å². The van der Waals surface area contributed by atoms with Crippen molar-refractivity contribution in [3.05, 3.63) is 162 Å². The minimum Gasteiger partial charge on any atom is -0.481 e. The summed E-state index contributed by atoms with van der Waals surface area (Å²) in [7, 11) is 0. The second-order valence-electron chi connectivity index (χ2n) is 35.6. The van der Waals surface area contributed by atoms with Crippen LogP contribution < -0.4 is 0 Å². The molecule has 0 aliphatic carbocycles. The summed E-state index contributed by atoms with van der Waals surface area (Å²) >= 11 is 0. The largest absolute Gasteiger partial charge is 0.481 e. The van der Waals surface area contributed by atoms with Crippen molar-refractivity contribution in [2.24, 2.45) is 47.3 Å². The average molecular weight is 1770 g/mol. The van der Waals surface area contributed by atoms with Gasteiger partial charge in [0.15, 0.2) is 47.3 Å². The zero-order valence-corrected chi connectivity index (χ0v) is 71.1. The molecule has 36 nitrogen and oxygen atoms in total. The van der Waals surface area contributed by atoms with Crippen molar-refractivity contribution in [3.8, 4) is 44.5 Å². The maximum Gasteiger partial charge on any atom is 0.318 e. The fourth-order valence-corrected chi connectivity index (χ4v) is 15.6. The number of nitrogens with zero attached hydrogens (tertiary/aromatic N) is 2. The maximum absolute atomic E-state index is 13.4. The predicted octanol–water partition coefficient (Wildman–Crippen LogP) is 11.1. The number of rotatable bonds is 36. The molecule has 0 saturated heterocycles. The fourth-order valence-electron chi connectivity index (χ4n) is 15.6. The molecular formula is C92H94N4O32. The van der Waals surface area contributed by atoms with Crippen LogP contribution in [-0.4, -0.2) is 197 Å². The smallest absolute Gasteiger partial charge is 0.318 e. The Morgan fingerprint density at radius 2 is 0.336 bits per heavy atom. The van der Waals surface area contributed by atoms with E-state index in [0.29, 0.717) is 0 Å². The number of hydrogen-bond acceptors (Lipinski definition) is 18. The van der Waals surface area contributed by atoms with E-state index in [1.54, 1.807) is 83.1 Å². The van der Waals surface area contributed by atoms with Gasteiger partial charge in [-0.25, -0.2) is 9.97 Å². The lowest BCUT2D eigenvalue weighted by Crippen LogP contribution is -2.28. The Bertz CT molecular complexity index is 5080. The SMILES string of the molecule is CC(C)(C)c1cc(CC(C(=O)O)C(=O)O)c(-c2c3nc(c(-c4c(CC(C(=O)O)C(=O)O)cc(C(C)(C)C)cc4CC(C(=O)O)C(=O)O)c4ccc([nH]4)c(-c4c(CC(C(=O)O)C(=O)O)cc(C(C)(C)C)cc4CC(C(=O)O)C(=O)O)c4nc(c(-c5c(CC(C(=O)O)C(=O)O)cc(C(C)(C)C)cc5CC(C(=O)O)C(=O)O)c5ccc2[nH]5)C=C4)C=C3)c(CC(C(=O)O)C(=O)O)c1. The molecule has 9 rings (SSSR count). The van der Waals surface area contributed by atoms with Gasteiger partial charge < -0.3 is 91.7 Å². The maximum atomic E-state index is 13.4. The molecular weight excluding hydrogens is 1670 g/mol. The minimum atomic E-state index is -2.42. The summed E-state index contributed by atoms with van der Waals surface area (Å²) in [5, 5.41) is 174. The molecule has 8 bridgehead atoms. The lowest BCUT2D eigenvalue weighted by Gasteiger charge is -2.26. The Morgan fingerprint density at radius 3 is 0.438 bits per heavy atom. The number of aliphatic carboxylic acids is 16. The number of H-pyrrole nitrogens is 2. The Hall–Kier alpha value is -15.0. The van der Waals surface area contributed by atoms with Gasteiger partial charge in [-0.05, 0) is 211 Å². The Morgan fingerprint density at radius 1 is 0.219 bits per heavy atom. The van der Waals surface area contributed by atoms with Crippen molar-refractivity contribution in [1.29, 1.82) is 0 Å². The normalized spacial score (nSPS) is 12.4. The topological polar surface area (TPSA) is 654 Å². The third-order valence-electron chi connectivity index (χ3n) is 22.6. The van der Waals surface area contributed by atoms with Gasteiger partial charge in [-0.3, -0.25) is 76.7 Å². The molecule has 5 heterocycles. The molecule has 0 unspecified atom stereocenters. The number of fused-ring (bicyclic) bond motifs is 8. The molecule has 674 valence electrons. The van der Waals surface area contributed by atoms with Gasteiger partial charge in [-0.15, -0.1) is 0 Å². The molecule has 18 N–H and O–H groups in total. The molecule has 0 radical (unpaired) electrons. The molecule has 128 heavy (non-hydrogen) atoms. The fraction of sp³-hybridized carbons (Fsp3) is 0.348. The number of benzene rings is 4. The molecule has 0 spiro atoms. The van der Waals surface area contributed by atoms with Crippen LogP contribution in [0, 0.1) is 47.3 Å². The molecule has 0 amide bonds. The number of hydrogen-bond donors (Lipinski definition) is 18. The zero-order valence-electron chi connectivity index (χ0n) is 71.1. The van der Waals surface area contributed by atoms with Crippen molar-refractivity contribution >= 4 is 142 Å². The van der Waals surface area contributed by atoms with Gasteiger partial charge in [0.25, 0.3) is 0 Å². The predicted molar refractivity (Wildman–Crippen MR) is 455 cm³/mol. The van der Waals surface area contributed by atoms with Crippen LogP contribution in [0.1, 0.15) is 173 Å². The van der Waals surface area contributed by atoms with Gasteiger partial charge in [0.05, 0.1) is 22.8 Å². The van der Waals surface area contributed by atoms with E-state index in [-0.39, 0.29) is 133 Å². The van der Waals surface area contributed by atoms with Gasteiger partial charge in [0.2, 0.25) is 0 Å².